The van der Waals surface area contributed by atoms with Gasteiger partial charge >= 0.3 is 0 Å². The summed E-state index contributed by atoms with van der Waals surface area (Å²) in [4.78, 5) is 27.8. The van der Waals surface area contributed by atoms with Crippen molar-refractivity contribution in [1.29, 1.82) is 0 Å². The smallest absolute Gasteiger partial charge is 0.254 e. The average Bonchev–Trinajstić information content (AvgIpc) is 2.45. The van der Waals surface area contributed by atoms with E-state index >= 15 is 0 Å². The number of phenolic OH excluding ortho intramolecular Hbond substituents is 1. The number of hydrogen-bond acceptors (Lipinski definition) is 4. The monoisotopic (exact) mass is 327 g/mol. The maximum Gasteiger partial charge on any atom is 0.254 e. The number of aromatic hydroxyl groups is 1. The van der Waals surface area contributed by atoms with Gasteiger partial charge in [-0.3, -0.25) is 9.59 Å². The second kappa shape index (κ2) is 6.98. The molecule has 0 spiro atoms. The second-order valence-electron chi connectivity index (χ2n) is 5.86. The SMILES string of the molecule is CC(C)(N)C(=O)N1CCN(C(=O)c2cccc(O)c2)CC1.Cl. The standard InChI is InChI=1S/C15H21N3O3.ClH/c1-15(2,16)14(21)18-8-6-17(7-9-18)13(20)11-4-3-5-12(19)10-11;/h3-5,10,19H,6-9,16H2,1-2H3;1H. The van der Waals surface area contributed by atoms with Crippen LogP contribution < -0.4 is 5.73 Å². The largest absolute Gasteiger partial charge is 0.508 e. The highest BCUT2D eigenvalue weighted by molar-refractivity contribution is 5.95. The van der Waals surface area contributed by atoms with Gasteiger partial charge in [0.25, 0.3) is 5.91 Å². The summed E-state index contributed by atoms with van der Waals surface area (Å²) in [5.74, 6) is -0.170. The number of phenols is 1. The summed E-state index contributed by atoms with van der Waals surface area (Å²) in [5, 5.41) is 9.43. The van der Waals surface area contributed by atoms with E-state index < -0.39 is 5.54 Å². The number of carbonyl (C=O) groups is 2. The first-order valence-corrected chi connectivity index (χ1v) is 6.95. The number of benzene rings is 1. The van der Waals surface area contributed by atoms with Gasteiger partial charge in [-0.1, -0.05) is 6.07 Å². The lowest BCUT2D eigenvalue weighted by atomic mass is 10.0. The molecule has 122 valence electrons. The van der Waals surface area contributed by atoms with Crippen LogP contribution in [0.2, 0.25) is 0 Å². The van der Waals surface area contributed by atoms with E-state index in [1.807, 2.05) is 0 Å². The van der Waals surface area contributed by atoms with Crippen molar-refractivity contribution in [3.8, 4) is 5.75 Å². The Hall–Kier alpha value is -1.79. The molecule has 1 aliphatic rings. The molecule has 0 unspecified atom stereocenters. The lowest BCUT2D eigenvalue weighted by Crippen LogP contribution is -2.57. The lowest BCUT2D eigenvalue weighted by Gasteiger charge is -2.37. The van der Waals surface area contributed by atoms with E-state index in [1.54, 1.807) is 35.8 Å². The summed E-state index contributed by atoms with van der Waals surface area (Å²) in [7, 11) is 0. The minimum atomic E-state index is -0.891. The normalized spacial score (nSPS) is 15.2. The van der Waals surface area contributed by atoms with Crippen LogP contribution in [0.25, 0.3) is 0 Å². The van der Waals surface area contributed by atoms with Crippen molar-refractivity contribution >= 4 is 24.2 Å². The topological polar surface area (TPSA) is 86.9 Å². The molecule has 1 aromatic carbocycles. The van der Waals surface area contributed by atoms with Crippen molar-refractivity contribution in [1.82, 2.24) is 9.80 Å². The summed E-state index contributed by atoms with van der Waals surface area (Å²) in [5.41, 5.74) is 5.37. The molecule has 7 heteroatoms. The second-order valence-corrected chi connectivity index (χ2v) is 5.86. The fraction of sp³-hybridized carbons (Fsp3) is 0.467. The molecule has 1 aliphatic heterocycles. The third-order valence-electron chi connectivity index (χ3n) is 3.50. The lowest BCUT2D eigenvalue weighted by molar-refractivity contribution is -0.137. The Morgan fingerprint density at radius 3 is 2.18 bits per heavy atom. The molecule has 0 saturated carbocycles. The van der Waals surface area contributed by atoms with Crippen LogP contribution in [-0.2, 0) is 4.79 Å². The molecular weight excluding hydrogens is 306 g/mol. The zero-order valence-electron chi connectivity index (χ0n) is 12.8. The van der Waals surface area contributed by atoms with Crippen molar-refractivity contribution < 1.29 is 14.7 Å². The van der Waals surface area contributed by atoms with Gasteiger partial charge in [-0.2, -0.15) is 0 Å². The highest BCUT2D eigenvalue weighted by Gasteiger charge is 2.31. The minimum absolute atomic E-state index is 0. The van der Waals surface area contributed by atoms with Crippen LogP contribution in [0.5, 0.6) is 5.75 Å². The van der Waals surface area contributed by atoms with Gasteiger partial charge in [-0.05, 0) is 32.0 Å². The van der Waals surface area contributed by atoms with Gasteiger partial charge in [0, 0.05) is 31.7 Å². The number of rotatable bonds is 2. The van der Waals surface area contributed by atoms with Gasteiger partial charge in [-0.25, -0.2) is 0 Å². The van der Waals surface area contributed by atoms with Gasteiger partial charge < -0.3 is 20.6 Å². The fourth-order valence-corrected chi connectivity index (χ4v) is 2.34. The highest BCUT2D eigenvalue weighted by Crippen LogP contribution is 2.15. The van der Waals surface area contributed by atoms with Crippen LogP contribution in [-0.4, -0.2) is 58.4 Å². The summed E-state index contributed by atoms with van der Waals surface area (Å²) in [6, 6.07) is 6.28. The first-order valence-electron chi connectivity index (χ1n) is 6.95. The maximum atomic E-state index is 12.3. The van der Waals surface area contributed by atoms with Crippen molar-refractivity contribution in [2.45, 2.75) is 19.4 Å². The third kappa shape index (κ3) is 4.11. The summed E-state index contributed by atoms with van der Waals surface area (Å²) < 4.78 is 0. The molecule has 2 rings (SSSR count). The van der Waals surface area contributed by atoms with E-state index in [2.05, 4.69) is 0 Å². The predicted molar refractivity (Wildman–Crippen MR) is 86.1 cm³/mol. The molecule has 0 radical (unpaired) electrons. The molecule has 1 fully saturated rings. The van der Waals surface area contributed by atoms with Crippen molar-refractivity contribution in [2.24, 2.45) is 5.73 Å². The first kappa shape index (κ1) is 18.3. The van der Waals surface area contributed by atoms with Crippen LogP contribution in [0.15, 0.2) is 24.3 Å². The van der Waals surface area contributed by atoms with E-state index in [4.69, 9.17) is 5.73 Å². The number of carbonyl (C=O) groups excluding carboxylic acids is 2. The number of halogens is 1. The molecule has 22 heavy (non-hydrogen) atoms. The Morgan fingerprint density at radius 2 is 1.68 bits per heavy atom. The molecule has 6 nitrogen and oxygen atoms in total. The Labute approximate surface area is 136 Å². The summed E-state index contributed by atoms with van der Waals surface area (Å²) in [6.07, 6.45) is 0. The molecule has 1 heterocycles. The number of amides is 2. The van der Waals surface area contributed by atoms with Gasteiger partial charge in [0.2, 0.25) is 5.91 Å². The molecule has 0 atom stereocenters. The Balaban J connectivity index is 0.00000242. The molecule has 0 aliphatic carbocycles. The fourth-order valence-electron chi connectivity index (χ4n) is 2.34. The van der Waals surface area contributed by atoms with E-state index in [1.165, 1.54) is 12.1 Å². The van der Waals surface area contributed by atoms with Crippen LogP contribution >= 0.6 is 12.4 Å². The van der Waals surface area contributed by atoms with Crippen molar-refractivity contribution in [3.63, 3.8) is 0 Å². The van der Waals surface area contributed by atoms with E-state index in [9.17, 15) is 14.7 Å². The van der Waals surface area contributed by atoms with Gasteiger partial charge in [0.05, 0.1) is 5.54 Å². The highest BCUT2D eigenvalue weighted by atomic mass is 35.5. The molecule has 0 bridgehead atoms. The summed E-state index contributed by atoms with van der Waals surface area (Å²) in [6.45, 7) is 5.25. The van der Waals surface area contributed by atoms with Crippen molar-refractivity contribution in [3.05, 3.63) is 29.8 Å². The van der Waals surface area contributed by atoms with E-state index in [-0.39, 0.29) is 30.0 Å². The number of hydrogen-bond donors (Lipinski definition) is 2. The Morgan fingerprint density at radius 1 is 1.14 bits per heavy atom. The van der Waals surface area contributed by atoms with E-state index in [0.29, 0.717) is 31.7 Å². The number of nitrogens with two attached hydrogens (primary N) is 1. The average molecular weight is 328 g/mol. The van der Waals surface area contributed by atoms with Gasteiger partial charge in [-0.15, -0.1) is 12.4 Å². The molecule has 1 saturated heterocycles. The maximum absolute atomic E-state index is 12.3. The number of nitrogens with zero attached hydrogens (tertiary/aromatic N) is 2. The zero-order valence-corrected chi connectivity index (χ0v) is 13.6. The van der Waals surface area contributed by atoms with Crippen LogP contribution in [0, 0.1) is 0 Å². The predicted octanol–water partition coefficient (Wildman–Crippen LogP) is 0.836. The molecule has 0 aromatic heterocycles. The molecule has 2 amide bonds. The first-order chi connectivity index (χ1) is 9.79. The molecular formula is C15H22ClN3O3. The Kier molecular flexibility index (Phi) is 5.79. The van der Waals surface area contributed by atoms with E-state index in [0.717, 1.165) is 0 Å². The summed E-state index contributed by atoms with van der Waals surface area (Å²) >= 11 is 0. The minimum Gasteiger partial charge on any atom is -0.508 e. The third-order valence-corrected chi connectivity index (χ3v) is 3.50. The number of piperazine rings is 1. The zero-order chi connectivity index (χ0) is 15.6. The van der Waals surface area contributed by atoms with Crippen LogP contribution in [0.4, 0.5) is 0 Å². The quantitative estimate of drug-likeness (QED) is 0.842. The van der Waals surface area contributed by atoms with Crippen LogP contribution in [0.3, 0.4) is 0 Å². The molecule has 3 N–H and O–H groups in total. The molecule has 1 aromatic rings. The van der Waals surface area contributed by atoms with Gasteiger partial charge in [0.15, 0.2) is 0 Å². The Bertz CT molecular complexity index is 549. The van der Waals surface area contributed by atoms with Crippen molar-refractivity contribution in [2.75, 3.05) is 26.2 Å². The van der Waals surface area contributed by atoms with Gasteiger partial charge in [0.1, 0.15) is 5.75 Å². The van der Waals surface area contributed by atoms with Crippen LogP contribution in [0.1, 0.15) is 24.2 Å².